The van der Waals surface area contributed by atoms with Gasteiger partial charge in [-0.1, -0.05) is 20.8 Å². The molecule has 2 heterocycles. The highest BCUT2D eigenvalue weighted by Crippen LogP contribution is 2.76. The van der Waals surface area contributed by atoms with E-state index in [-0.39, 0.29) is 12.2 Å². The second kappa shape index (κ2) is 11.3. The quantitative estimate of drug-likeness (QED) is 0.199. The van der Waals surface area contributed by atoms with Gasteiger partial charge in [-0.2, -0.15) is 0 Å². The van der Waals surface area contributed by atoms with Gasteiger partial charge in [-0.15, -0.1) is 0 Å². The third-order valence-electron chi connectivity index (χ3n) is 14.2. The van der Waals surface area contributed by atoms with Crippen molar-refractivity contribution in [1.29, 1.82) is 0 Å². The van der Waals surface area contributed by atoms with Gasteiger partial charge in [-0.05, 0) is 38.2 Å². The van der Waals surface area contributed by atoms with Crippen molar-refractivity contribution in [2.24, 2.45) is 57.7 Å². The number of hydrogen-bond acceptors (Lipinski definition) is 15. The first-order valence-electron chi connectivity index (χ1n) is 17.5. The van der Waals surface area contributed by atoms with Gasteiger partial charge in [-0.3, -0.25) is 19.2 Å². The Bertz CT molecular complexity index is 1630. The van der Waals surface area contributed by atoms with Crippen LogP contribution in [0.3, 0.4) is 0 Å². The van der Waals surface area contributed by atoms with Crippen LogP contribution in [0, 0.1) is 57.7 Å². The first-order valence-corrected chi connectivity index (χ1v) is 17.5. The maximum atomic E-state index is 14.5. The number of carbonyl (C=O) groups excluding carboxylic acids is 6. The zero-order valence-corrected chi connectivity index (χ0v) is 29.8. The lowest BCUT2D eigenvalue weighted by molar-refractivity contribution is -0.273. The number of hydrogen-bond donors (Lipinski definition) is 3. The molecule has 6 fully saturated rings. The summed E-state index contributed by atoms with van der Waals surface area (Å²) in [5.74, 6) is -11.0. The van der Waals surface area contributed by atoms with Crippen LogP contribution in [-0.4, -0.2) is 106 Å². The topological polar surface area (TPSA) is 222 Å². The van der Waals surface area contributed by atoms with Crippen molar-refractivity contribution in [3.63, 3.8) is 0 Å². The maximum Gasteiger partial charge on any atom is 0.343 e. The Kier molecular flexibility index (Phi) is 7.97. The van der Waals surface area contributed by atoms with Crippen LogP contribution >= 0.6 is 0 Å². The Morgan fingerprint density at radius 2 is 1.43 bits per heavy atom. The Morgan fingerprint density at radius 3 is 2.02 bits per heavy atom. The molecule has 4 saturated carbocycles. The Balaban J connectivity index is 1.54. The van der Waals surface area contributed by atoms with E-state index in [0.717, 1.165) is 0 Å². The zero-order chi connectivity index (χ0) is 37.5. The molecule has 7 aliphatic rings. The van der Waals surface area contributed by atoms with Crippen LogP contribution in [-0.2, 0) is 57.2 Å². The largest absolute Gasteiger partial charge is 0.462 e. The second-order valence-corrected chi connectivity index (χ2v) is 16.5. The molecule has 15 heteroatoms. The van der Waals surface area contributed by atoms with E-state index < -0.39 is 148 Å². The predicted octanol–water partition coefficient (Wildman–Crippen LogP) is 0.385. The molecule has 2 saturated heterocycles. The van der Waals surface area contributed by atoms with Crippen molar-refractivity contribution in [3.05, 3.63) is 11.8 Å². The van der Waals surface area contributed by atoms with Crippen LogP contribution in [0.2, 0.25) is 0 Å². The molecule has 0 bridgehead atoms. The summed E-state index contributed by atoms with van der Waals surface area (Å²) in [6.07, 6.45) is -6.01. The zero-order valence-electron chi connectivity index (χ0n) is 29.8. The number of esters is 5. The van der Waals surface area contributed by atoms with Crippen LogP contribution in [0.15, 0.2) is 11.8 Å². The van der Waals surface area contributed by atoms with Gasteiger partial charge < -0.3 is 43.7 Å². The van der Waals surface area contributed by atoms with Crippen molar-refractivity contribution >= 4 is 35.6 Å². The number of aliphatic hydroxyl groups is 3. The van der Waals surface area contributed by atoms with Crippen molar-refractivity contribution < 1.29 is 72.5 Å². The molecule has 0 amide bonds. The first-order chi connectivity index (χ1) is 23.7. The fourth-order valence-electron chi connectivity index (χ4n) is 12.2. The fourth-order valence-corrected chi connectivity index (χ4v) is 12.2. The van der Waals surface area contributed by atoms with Gasteiger partial charge in [-0.25, -0.2) is 9.59 Å². The summed E-state index contributed by atoms with van der Waals surface area (Å²) < 4.78 is 36.0. The minimum atomic E-state index is -2.14. The van der Waals surface area contributed by atoms with Gasteiger partial charge >= 0.3 is 29.8 Å². The maximum absolute atomic E-state index is 14.5. The van der Waals surface area contributed by atoms with Crippen molar-refractivity contribution in [2.75, 3.05) is 6.61 Å². The van der Waals surface area contributed by atoms with Crippen LogP contribution in [0.25, 0.3) is 0 Å². The molecular weight excluding hydrogens is 672 g/mol. The monoisotopic (exact) mass is 718 g/mol. The van der Waals surface area contributed by atoms with Crippen molar-refractivity contribution in [3.8, 4) is 0 Å². The van der Waals surface area contributed by atoms with Crippen LogP contribution < -0.4 is 0 Å². The molecule has 0 aromatic carbocycles. The number of ether oxygens (including phenoxy) is 6. The predicted molar refractivity (Wildman–Crippen MR) is 167 cm³/mol. The Labute approximate surface area is 294 Å². The molecule has 18 atom stereocenters. The standard InChI is InChI=1S/C36H46O15/c1-12-9-18-35(7,36(8,45)32(44)50-18)24-21(12)34(6)22(28(24)46-13(2)38)20-23(29(51-19(41)11-37)31(34)48-15(4)40)33(5)16(25(42)26(20)43)10-17-27(49-17)30(33)47-14(3)39/h9,12,16-17,20-24,26-31,37,43,45H,10-11H2,1-8H3/t12-,16+,17+,20+,21+,22+,23-,24+,26-,27+,28-,29+,30+,31+,33+,34-,35+,36-/m1/s1. The summed E-state index contributed by atoms with van der Waals surface area (Å²) in [4.78, 5) is 79.9. The Morgan fingerprint density at radius 1 is 0.843 bits per heavy atom. The number of fused-ring (bicyclic) bond motifs is 10. The summed E-state index contributed by atoms with van der Waals surface area (Å²) in [5, 5.41) is 34.2. The normalized spacial score (nSPS) is 51.5. The summed E-state index contributed by atoms with van der Waals surface area (Å²) in [5.41, 5.74) is -6.47. The second-order valence-electron chi connectivity index (χ2n) is 16.5. The van der Waals surface area contributed by atoms with E-state index in [1.54, 1.807) is 26.8 Å². The van der Waals surface area contributed by atoms with E-state index >= 15 is 0 Å². The molecule has 2 aliphatic heterocycles. The van der Waals surface area contributed by atoms with Gasteiger partial charge in [0.05, 0.1) is 11.5 Å². The number of epoxide rings is 1. The van der Waals surface area contributed by atoms with Crippen molar-refractivity contribution in [1.82, 2.24) is 0 Å². The summed E-state index contributed by atoms with van der Waals surface area (Å²) in [6, 6.07) is 0. The molecule has 51 heavy (non-hydrogen) atoms. The molecule has 0 unspecified atom stereocenters. The highest BCUT2D eigenvalue weighted by molar-refractivity contribution is 5.88. The van der Waals surface area contributed by atoms with Gasteiger partial charge in [0.15, 0.2) is 11.4 Å². The van der Waals surface area contributed by atoms with Crippen LogP contribution in [0.4, 0.5) is 0 Å². The molecule has 0 radical (unpaired) electrons. The van der Waals surface area contributed by atoms with E-state index in [1.165, 1.54) is 27.7 Å². The lowest BCUT2D eigenvalue weighted by Crippen LogP contribution is -2.74. The Hall–Kier alpha value is -3.40. The van der Waals surface area contributed by atoms with Gasteiger partial charge in [0.1, 0.15) is 49.0 Å². The van der Waals surface area contributed by atoms with Crippen molar-refractivity contribution in [2.45, 2.75) is 110 Å². The van der Waals surface area contributed by atoms with Gasteiger partial charge in [0.25, 0.3) is 0 Å². The first kappa shape index (κ1) is 36.0. The number of ketones is 1. The van der Waals surface area contributed by atoms with E-state index in [9.17, 15) is 44.1 Å². The summed E-state index contributed by atoms with van der Waals surface area (Å²) in [6.45, 7) is 10.8. The summed E-state index contributed by atoms with van der Waals surface area (Å²) in [7, 11) is 0. The van der Waals surface area contributed by atoms with Crippen LogP contribution in [0.5, 0.6) is 0 Å². The number of carbonyl (C=O) groups is 6. The average molecular weight is 719 g/mol. The number of allylic oxidation sites excluding steroid dienone is 1. The van der Waals surface area contributed by atoms with E-state index in [0.29, 0.717) is 0 Å². The molecule has 5 aliphatic carbocycles. The summed E-state index contributed by atoms with van der Waals surface area (Å²) >= 11 is 0. The van der Waals surface area contributed by atoms with Gasteiger partial charge in [0, 0.05) is 61.2 Å². The smallest absolute Gasteiger partial charge is 0.343 e. The van der Waals surface area contributed by atoms with Gasteiger partial charge in [0.2, 0.25) is 0 Å². The van der Waals surface area contributed by atoms with Crippen LogP contribution in [0.1, 0.15) is 61.8 Å². The van der Waals surface area contributed by atoms with E-state index in [4.69, 9.17) is 28.4 Å². The molecule has 15 nitrogen and oxygen atoms in total. The molecule has 7 rings (SSSR count). The minimum absolute atomic E-state index is 0.168. The van der Waals surface area contributed by atoms with E-state index in [2.05, 4.69) is 0 Å². The molecule has 3 N–H and O–H groups in total. The SMILES string of the molecule is CC(=O)O[C@@H]1[C@@H]2[C@H]3[C@H]([C@H](OC(=O)CO)[C@H](OC(C)=O)[C@]2(C)[C@@H]2[C@@H]1[C@]1(C)C(=C[C@H]2C)OC(=O)[C@@]1(C)O)[C@]1(C)[C@@H](C[C@@H]2O[C@@H]2[C@@H]1OC(C)=O)C(=O)[C@@H]3O. The highest BCUT2D eigenvalue weighted by Gasteiger charge is 2.83. The fraction of sp³-hybridized carbons (Fsp3) is 0.778. The molecule has 0 aromatic heterocycles. The lowest BCUT2D eigenvalue weighted by atomic mass is 9.41. The highest BCUT2D eigenvalue weighted by atomic mass is 16.6. The number of aliphatic hydroxyl groups excluding tert-OH is 2. The minimum Gasteiger partial charge on any atom is -0.462 e. The lowest BCUT2D eigenvalue weighted by Gasteiger charge is -2.65. The molecule has 0 aromatic rings. The average Bonchev–Trinajstić information content (AvgIpc) is 3.72. The number of rotatable bonds is 5. The van der Waals surface area contributed by atoms with E-state index in [1.807, 2.05) is 6.92 Å². The molecular formula is C36H46O15. The third kappa shape index (κ3) is 4.50. The number of Topliss-reactive ketones (excluding diaryl/α,β-unsaturated/α-hetero) is 1. The third-order valence-corrected chi connectivity index (χ3v) is 14.2. The molecule has 280 valence electrons. The molecule has 0 spiro atoms.